The smallest absolute Gasteiger partial charge is 0.375 e. The second kappa shape index (κ2) is 7.92. The third-order valence-corrected chi connectivity index (χ3v) is 7.49. The highest BCUT2D eigenvalue weighted by molar-refractivity contribution is 9.11. The molecule has 0 heterocycles. The second-order valence-corrected chi connectivity index (χ2v) is 10.7. The molecule has 0 aliphatic heterocycles. The van der Waals surface area contributed by atoms with Crippen LogP contribution in [0.25, 0.3) is 21.5 Å². The highest BCUT2D eigenvalue weighted by atomic mass is 79.9. The molecule has 32 heavy (non-hydrogen) atoms. The number of fused-ring (bicyclic) bond motifs is 2. The summed E-state index contributed by atoms with van der Waals surface area (Å²) in [6.07, 6.45) is 0. The summed E-state index contributed by atoms with van der Waals surface area (Å²) in [5.74, 6) is -1.30. The van der Waals surface area contributed by atoms with Gasteiger partial charge in [0, 0.05) is 10.8 Å². The predicted octanol–water partition coefficient (Wildman–Crippen LogP) is 5.97. The van der Waals surface area contributed by atoms with Crippen LogP contribution in [0.15, 0.2) is 45.3 Å². The molecular formula is C16H6Br2F6O6S2. The molecule has 174 valence electrons. The molecule has 0 saturated heterocycles. The molecule has 0 saturated carbocycles. The van der Waals surface area contributed by atoms with Gasteiger partial charge in [-0.1, -0.05) is 12.1 Å². The van der Waals surface area contributed by atoms with Crippen molar-refractivity contribution >= 4 is 73.6 Å². The van der Waals surface area contributed by atoms with Crippen molar-refractivity contribution in [2.45, 2.75) is 11.0 Å². The Morgan fingerprint density at radius 3 is 1.22 bits per heavy atom. The summed E-state index contributed by atoms with van der Waals surface area (Å²) in [6.45, 7) is 0. The summed E-state index contributed by atoms with van der Waals surface area (Å²) >= 11 is 5.97. The maximum absolute atomic E-state index is 12.6. The van der Waals surface area contributed by atoms with E-state index in [1.165, 1.54) is 24.3 Å². The number of benzene rings is 3. The van der Waals surface area contributed by atoms with Crippen LogP contribution in [0, 0.1) is 0 Å². The molecule has 0 atom stereocenters. The maximum atomic E-state index is 12.6. The SMILES string of the molecule is O=S(=O)(Oc1ccc2cc3c(Br)c(OS(=O)(=O)C(F)(F)F)ccc3cc2c1Br)C(F)(F)F. The van der Waals surface area contributed by atoms with Gasteiger partial charge < -0.3 is 8.37 Å². The predicted molar refractivity (Wildman–Crippen MR) is 108 cm³/mol. The van der Waals surface area contributed by atoms with Crippen molar-refractivity contribution in [3.05, 3.63) is 45.3 Å². The molecule has 0 amide bonds. The van der Waals surface area contributed by atoms with E-state index in [-0.39, 0.29) is 19.7 Å². The van der Waals surface area contributed by atoms with E-state index >= 15 is 0 Å². The Balaban J connectivity index is 2.13. The second-order valence-electron chi connectivity index (χ2n) is 6.02. The van der Waals surface area contributed by atoms with E-state index in [0.717, 1.165) is 12.1 Å². The first kappa shape index (κ1) is 24.9. The Morgan fingerprint density at radius 2 is 0.938 bits per heavy atom. The summed E-state index contributed by atoms with van der Waals surface area (Å²) in [5, 5.41) is 1.02. The van der Waals surface area contributed by atoms with Gasteiger partial charge in [0.25, 0.3) is 0 Å². The zero-order valence-electron chi connectivity index (χ0n) is 14.8. The molecule has 3 aromatic carbocycles. The van der Waals surface area contributed by atoms with Gasteiger partial charge in [0.05, 0.1) is 8.95 Å². The standard InChI is InChI=1S/C16H6Br2F6O6S2/c17-13-9-6-8-2-4-12(30-32(27,28)16(22,23)24)14(18)10(8)5-7(9)1-3-11(13)29-31(25,26)15(19,20)21/h1-6H. The van der Waals surface area contributed by atoms with Crippen LogP contribution >= 0.6 is 31.9 Å². The van der Waals surface area contributed by atoms with Crippen molar-refractivity contribution in [3.8, 4) is 11.5 Å². The Labute approximate surface area is 192 Å². The number of rotatable bonds is 4. The average molecular weight is 632 g/mol. The van der Waals surface area contributed by atoms with Crippen LogP contribution in [0.1, 0.15) is 0 Å². The monoisotopic (exact) mass is 630 g/mol. The van der Waals surface area contributed by atoms with E-state index in [2.05, 4.69) is 40.2 Å². The Morgan fingerprint density at radius 1 is 0.625 bits per heavy atom. The first-order valence-corrected chi connectivity index (χ1v) is 12.2. The molecule has 0 aliphatic carbocycles. The molecule has 0 unspecified atom stereocenters. The first-order valence-electron chi connectivity index (χ1n) is 7.80. The average Bonchev–Trinajstić information content (AvgIpc) is 2.64. The lowest BCUT2D eigenvalue weighted by Crippen LogP contribution is -2.28. The van der Waals surface area contributed by atoms with Gasteiger partial charge in [-0.3, -0.25) is 0 Å². The Kier molecular flexibility index (Phi) is 6.15. The van der Waals surface area contributed by atoms with Crippen LogP contribution in [0.3, 0.4) is 0 Å². The van der Waals surface area contributed by atoms with E-state index in [1.54, 1.807) is 0 Å². The minimum atomic E-state index is -5.93. The Hall–Kier alpha value is -1.78. The molecule has 0 bridgehead atoms. The van der Waals surface area contributed by atoms with Crippen molar-refractivity contribution in [1.29, 1.82) is 0 Å². The third-order valence-electron chi connectivity index (χ3n) is 3.92. The van der Waals surface area contributed by atoms with E-state index in [1.807, 2.05) is 0 Å². The van der Waals surface area contributed by atoms with Gasteiger partial charge in [0.15, 0.2) is 11.5 Å². The van der Waals surface area contributed by atoms with Crippen LogP contribution < -0.4 is 8.37 Å². The van der Waals surface area contributed by atoms with E-state index in [0.29, 0.717) is 10.8 Å². The molecule has 3 aromatic rings. The lowest BCUT2D eigenvalue weighted by Gasteiger charge is -2.14. The van der Waals surface area contributed by atoms with Crippen molar-refractivity contribution in [2.24, 2.45) is 0 Å². The van der Waals surface area contributed by atoms with Crippen molar-refractivity contribution in [3.63, 3.8) is 0 Å². The summed E-state index contributed by atoms with van der Waals surface area (Å²) in [6, 6.07) is 7.01. The van der Waals surface area contributed by atoms with Gasteiger partial charge in [-0.25, -0.2) is 0 Å². The van der Waals surface area contributed by atoms with Gasteiger partial charge in [-0.2, -0.15) is 43.2 Å². The van der Waals surface area contributed by atoms with E-state index < -0.39 is 42.8 Å². The van der Waals surface area contributed by atoms with Gasteiger partial charge >= 0.3 is 31.3 Å². The van der Waals surface area contributed by atoms with Crippen LogP contribution in [-0.2, 0) is 20.2 Å². The summed E-state index contributed by atoms with van der Waals surface area (Å²) in [5.41, 5.74) is -11.3. The third kappa shape index (κ3) is 4.49. The van der Waals surface area contributed by atoms with Gasteiger partial charge in [-0.15, -0.1) is 0 Å². The van der Waals surface area contributed by atoms with Crippen LogP contribution in [0.5, 0.6) is 11.5 Å². The largest absolute Gasteiger partial charge is 0.534 e. The summed E-state index contributed by atoms with van der Waals surface area (Å²) in [4.78, 5) is 0. The van der Waals surface area contributed by atoms with Gasteiger partial charge in [-0.05, 0) is 66.9 Å². The lowest BCUT2D eigenvalue weighted by atomic mass is 10.0. The highest BCUT2D eigenvalue weighted by Gasteiger charge is 2.49. The fourth-order valence-corrected chi connectivity index (χ4v) is 4.76. The van der Waals surface area contributed by atoms with Gasteiger partial charge in [0.1, 0.15) is 0 Å². The summed E-state index contributed by atoms with van der Waals surface area (Å²) in [7, 11) is -11.9. The molecule has 3 rings (SSSR count). The molecule has 0 fully saturated rings. The number of alkyl halides is 6. The Bertz CT molecular complexity index is 1340. The van der Waals surface area contributed by atoms with Gasteiger partial charge in [0.2, 0.25) is 0 Å². The lowest BCUT2D eigenvalue weighted by molar-refractivity contribution is -0.0505. The molecule has 0 aliphatic rings. The molecule has 0 radical (unpaired) electrons. The highest BCUT2D eigenvalue weighted by Crippen LogP contribution is 2.41. The fraction of sp³-hybridized carbons (Fsp3) is 0.125. The number of halogens is 8. The fourth-order valence-electron chi connectivity index (χ4n) is 2.49. The minimum Gasteiger partial charge on any atom is -0.375 e. The zero-order chi connectivity index (χ0) is 24.3. The topological polar surface area (TPSA) is 86.7 Å². The van der Waals surface area contributed by atoms with E-state index in [4.69, 9.17) is 0 Å². The summed E-state index contributed by atoms with van der Waals surface area (Å²) < 4.78 is 129. The molecule has 6 nitrogen and oxygen atoms in total. The van der Waals surface area contributed by atoms with Crippen molar-refractivity contribution in [1.82, 2.24) is 0 Å². The quantitative estimate of drug-likeness (QED) is 0.153. The normalized spacial score (nSPS) is 13.5. The van der Waals surface area contributed by atoms with Crippen LogP contribution in [0.4, 0.5) is 26.3 Å². The van der Waals surface area contributed by atoms with Crippen molar-refractivity contribution < 1.29 is 51.5 Å². The van der Waals surface area contributed by atoms with Crippen LogP contribution in [-0.4, -0.2) is 27.9 Å². The minimum absolute atomic E-state index is 0.138. The molecule has 16 heteroatoms. The molecule has 0 spiro atoms. The maximum Gasteiger partial charge on any atom is 0.534 e. The van der Waals surface area contributed by atoms with Crippen LogP contribution in [0.2, 0.25) is 0 Å². The van der Waals surface area contributed by atoms with Crippen molar-refractivity contribution in [2.75, 3.05) is 0 Å². The molecule has 0 aromatic heterocycles. The first-order chi connectivity index (χ1) is 14.4. The molecule has 0 N–H and O–H groups in total. The molecular weight excluding hydrogens is 626 g/mol. The van der Waals surface area contributed by atoms with E-state index in [9.17, 15) is 43.2 Å². The number of hydrogen-bond acceptors (Lipinski definition) is 6. The number of hydrogen-bond donors (Lipinski definition) is 0. The zero-order valence-corrected chi connectivity index (χ0v) is 19.6.